The number of amides is 1. The van der Waals surface area contributed by atoms with Gasteiger partial charge < -0.3 is 16.0 Å². The molecule has 5 heteroatoms. The zero-order valence-corrected chi connectivity index (χ0v) is 12.8. The number of hydrogen-bond donors (Lipinski definition) is 2. The normalized spacial score (nSPS) is 21.8. The second kappa shape index (κ2) is 6.46. The molecule has 1 fully saturated rings. The summed E-state index contributed by atoms with van der Waals surface area (Å²) in [6, 6.07) is 5.55. The SMILES string of the molecule is CN(C)c1c(Cl)cccc1NC(=O)[C@@H]1CCC[C@@H]1CN. The number of benzene rings is 1. The first-order valence-corrected chi connectivity index (χ1v) is 7.39. The molecule has 0 aliphatic heterocycles. The van der Waals surface area contributed by atoms with Crippen LogP contribution in [0, 0.1) is 11.8 Å². The lowest BCUT2D eigenvalue weighted by atomic mass is 9.95. The molecule has 2 rings (SSSR count). The van der Waals surface area contributed by atoms with Gasteiger partial charge in [0.2, 0.25) is 5.91 Å². The van der Waals surface area contributed by atoms with Crippen molar-refractivity contribution in [1.82, 2.24) is 0 Å². The fourth-order valence-electron chi connectivity index (χ4n) is 2.96. The standard InChI is InChI=1S/C15H22ClN3O/c1-19(2)14-12(16)7-4-8-13(14)18-15(20)11-6-3-5-10(11)9-17/h4,7-8,10-11H,3,5-6,9,17H2,1-2H3,(H,18,20)/t10-,11-/m1/s1. The monoisotopic (exact) mass is 295 g/mol. The van der Waals surface area contributed by atoms with Crippen LogP contribution in [0.2, 0.25) is 5.02 Å². The minimum atomic E-state index is 0.0222. The maximum atomic E-state index is 12.4. The number of nitrogens with zero attached hydrogens (tertiary/aromatic N) is 1. The van der Waals surface area contributed by atoms with Crippen LogP contribution in [0.3, 0.4) is 0 Å². The highest BCUT2D eigenvalue weighted by molar-refractivity contribution is 6.34. The van der Waals surface area contributed by atoms with E-state index in [9.17, 15) is 4.79 Å². The van der Waals surface area contributed by atoms with E-state index in [1.807, 2.05) is 37.2 Å². The number of nitrogens with two attached hydrogens (primary N) is 1. The number of para-hydroxylation sites is 1. The van der Waals surface area contributed by atoms with E-state index in [1.54, 1.807) is 0 Å². The number of rotatable bonds is 4. The molecule has 1 aliphatic rings. The first kappa shape index (κ1) is 15.1. The van der Waals surface area contributed by atoms with Crippen LogP contribution >= 0.6 is 11.6 Å². The van der Waals surface area contributed by atoms with Crippen LogP contribution in [-0.2, 0) is 4.79 Å². The quantitative estimate of drug-likeness (QED) is 0.898. The molecule has 0 spiro atoms. The maximum absolute atomic E-state index is 12.4. The van der Waals surface area contributed by atoms with E-state index in [1.165, 1.54) is 0 Å². The van der Waals surface area contributed by atoms with Crippen LogP contribution in [0.15, 0.2) is 18.2 Å². The Kier molecular flexibility index (Phi) is 4.89. The van der Waals surface area contributed by atoms with Crippen molar-refractivity contribution in [2.24, 2.45) is 17.6 Å². The summed E-state index contributed by atoms with van der Waals surface area (Å²) in [5.74, 6) is 0.384. The summed E-state index contributed by atoms with van der Waals surface area (Å²) in [6.45, 7) is 0.578. The third kappa shape index (κ3) is 3.07. The number of halogens is 1. The van der Waals surface area contributed by atoms with Crippen LogP contribution < -0.4 is 16.0 Å². The highest BCUT2D eigenvalue weighted by atomic mass is 35.5. The Morgan fingerprint density at radius 1 is 1.45 bits per heavy atom. The molecule has 1 saturated carbocycles. The zero-order chi connectivity index (χ0) is 14.7. The zero-order valence-electron chi connectivity index (χ0n) is 12.0. The van der Waals surface area contributed by atoms with Gasteiger partial charge in [0.15, 0.2) is 0 Å². The highest BCUT2D eigenvalue weighted by Crippen LogP contribution is 2.35. The second-order valence-electron chi connectivity index (χ2n) is 5.55. The van der Waals surface area contributed by atoms with Gasteiger partial charge in [-0.25, -0.2) is 0 Å². The average molecular weight is 296 g/mol. The van der Waals surface area contributed by atoms with Gasteiger partial charge in [-0.1, -0.05) is 24.1 Å². The Morgan fingerprint density at radius 2 is 2.20 bits per heavy atom. The second-order valence-corrected chi connectivity index (χ2v) is 5.96. The molecular weight excluding hydrogens is 274 g/mol. The summed E-state index contributed by atoms with van der Waals surface area (Å²) in [6.07, 6.45) is 3.05. The van der Waals surface area contributed by atoms with Gasteiger partial charge in [-0.3, -0.25) is 4.79 Å². The lowest BCUT2D eigenvalue weighted by molar-refractivity contribution is -0.120. The minimum Gasteiger partial charge on any atom is -0.375 e. The number of nitrogens with one attached hydrogen (secondary N) is 1. The van der Waals surface area contributed by atoms with Gasteiger partial charge in [-0.15, -0.1) is 0 Å². The van der Waals surface area contributed by atoms with Gasteiger partial charge in [0.1, 0.15) is 0 Å². The molecule has 20 heavy (non-hydrogen) atoms. The van der Waals surface area contributed by atoms with Crippen molar-refractivity contribution in [2.45, 2.75) is 19.3 Å². The van der Waals surface area contributed by atoms with E-state index in [2.05, 4.69) is 5.32 Å². The van der Waals surface area contributed by atoms with E-state index in [4.69, 9.17) is 17.3 Å². The first-order chi connectivity index (χ1) is 9.54. The van der Waals surface area contributed by atoms with Crippen molar-refractivity contribution in [3.8, 4) is 0 Å². The van der Waals surface area contributed by atoms with Crippen LogP contribution in [0.4, 0.5) is 11.4 Å². The summed E-state index contributed by atoms with van der Waals surface area (Å²) in [4.78, 5) is 14.4. The van der Waals surface area contributed by atoms with Gasteiger partial charge in [0.25, 0.3) is 0 Å². The van der Waals surface area contributed by atoms with Crippen LogP contribution in [0.1, 0.15) is 19.3 Å². The molecule has 0 aromatic heterocycles. The van der Waals surface area contributed by atoms with Crippen LogP contribution in [0.25, 0.3) is 0 Å². The Balaban J connectivity index is 2.18. The molecule has 0 radical (unpaired) electrons. The summed E-state index contributed by atoms with van der Waals surface area (Å²) >= 11 is 6.21. The van der Waals surface area contributed by atoms with Crippen molar-refractivity contribution < 1.29 is 4.79 Å². The van der Waals surface area contributed by atoms with E-state index in [-0.39, 0.29) is 11.8 Å². The third-order valence-electron chi connectivity index (χ3n) is 3.99. The Labute approximate surface area is 125 Å². The van der Waals surface area contributed by atoms with Gasteiger partial charge in [-0.05, 0) is 37.4 Å². The van der Waals surface area contributed by atoms with Crippen molar-refractivity contribution in [3.63, 3.8) is 0 Å². The molecule has 2 atom stereocenters. The molecule has 3 N–H and O–H groups in total. The van der Waals surface area contributed by atoms with E-state index >= 15 is 0 Å². The third-order valence-corrected chi connectivity index (χ3v) is 4.30. The summed E-state index contributed by atoms with van der Waals surface area (Å²) in [5.41, 5.74) is 7.35. The molecular formula is C15H22ClN3O. The van der Waals surface area contributed by atoms with Gasteiger partial charge >= 0.3 is 0 Å². The largest absolute Gasteiger partial charge is 0.375 e. The summed E-state index contributed by atoms with van der Waals surface area (Å²) in [5, 5.41) is 3.65. The predicted octanol–water partition coefficient (Wildman–Crippen LogP) is 2.72. The molecule has 0 unspecified atom stereocenters. The molecule has 0 saturated heterocycles. The summed E-state index contributed by atoms with van der Waals surface area (Å²) in [7, 11) is 3.82. The molecule has 0 heterocycles. The molecule has 0 bridgehead atoms. The Hall–Kier alpha value is -1.26. The van der Waals surface area contributed by atoms with E-state index in [0.29, 0.717) is 17.5 Å². The van der Waals surface area contributed by atoms with E-state index < -0.39 is 0 Å². The molecule has 1 aliphatic carbocycles. The van der Waals surface area contributed by atoms with Crippen molar-refractivity contribution in [1.29, 1.82) is 0 Å². The lowest BCUT2D eigenvalue weighted by Gasteiger charge is -2.22. The minimum absolute atomic E-state index is 0.0222. The van der Waals surface area contributed by atoms with Crippen LogP contribution in [0.5, 0.6) is 0 Å². The predicted molar refractivity (Wildman–Crippen MR) is 84.3 cm³/mol. The lowest BCUT2D eigenvalue weighted by Crippen LogP contribution is -2.30. The summed E-state index contributed by atoms with van der Waals surface area (Å²) < 4.78 is 0. The van der Waals surface area contributed by atoms with Crippen LogP contribution in [-0.4, -0.2) is 26.5 Å². The molecule has 4 nitrogen and oxygen atoms in total. The molecule has 110 valence electrons. The van der Waals surface area contributed by atoms with Gasteiger partial charge in [0.05, 0.1) is 16.4 Å². The van der Waals surface area contributed by atoms with Crippen molar-refractivity contribution in [2.75, 3.05) is 30.9 Å². The molecule has 1 aromatic carbocycles. The van der Waals surface area contributed by atoms with Gasteiger partial charge in [-0.2, -0.15) is 0 Å². The maximum Gasteiger partial charge on any atom is 0.227 e. The number of anilines is 2. The number of hydrogen-bond acceptors (Lipinski definition) is 3. The van der Waals surface area contributed by atoms with Crippen molar-refractivity contribution >= 4 is 28.9 Å². The van der Waals surface area contributed by atoms with Crippen molar-refractivity contribution in [3.05, 3.63) is 23.2 Å². The number of carbonyl (C=O) groups excluding carboxylic acids is 1. The highest BCUT2D eigenvalue weighted by Gasteiger charge is 2.32. The molecule has 1 amide bonds. The number of carbonyl (C=O) groups is 1. The molecule has 1 aromatic rings. The average Bonchev–Trinajstić information content (AvgIpc) is 2.86. The van der Waals surface area contributed by atoms with E-state index in [0.717, 1.165) is 30.6 Å². The Morgan fingerprint density at radius 3 is 2.85 bits per heavy atom. The van der Waals surface area contributed by atoms with Gasteiger partial charge in [0, 0.05) is 20.0 Å². The smallest absolute Gasteiger partial charge is 0.227 e. The fourth-order valence-corrected chi connectivity index (χ4v) is 3.30. The fraction of sp³-hybridized carbons (Fsp3) is 0.533. The topological polar surface area (TPSA) is 58.4 Å². The first-order valence-electron chi connectivity index (χ1n) is 7.01. The Bertz CT molecular complexity index is 490.